The smallest absolute Gasteiger partial charge is 0.272 e. The molecule has 1 aromatic carbocycles. The second-order valence-corrected chi connectivity index (χ2v) is 10.2. The van der Waals surface area contributed by atoms with E-state index in [2.05, 4.69) is 10.3 Å². The Balaban J connectivity index is 1.53. The van der Waals surface area contributed by atoms with Gasteiger partial charge in [-0.2, -0.15) is 5.01 Å². The summed E-state index contributed by atoms with van der Waals surface area (Å²) in [6, 6.07) is 11.9. The van der Waals surface area contributed by atoms with Crippen LogP contribution in [0.25, 0.3) is 31.4 Å². The van der Waals surface area contributed by atoms with Crippen molar-refractivity contribution < 1.29 is 14.3 Å². The number of hydrogen-bond acceptors (Lipinski definition) is 9. The maximum Gasteiger partial charge on any atom is 0.272 e. The van der Waals surface area contributed by atoms with E-state index in [-0.39, 0.29) is 0 Å². The molecule has 0 aliphatic carbocycles. The normalized spacial score (nSPS) is 13.4. The molecule has 0 unspecified atom stereocenters. The molecular formula is C25H23N5O3S2. The highest BCUT2D eigenvalue weighted by molar-refractivity contribution is 7.22. The molecule has 1 N–H and O–H groups in total. The summed E-state index contributed by atoms with van der Waals surface area (Å²) >= 11 is 3.08. The van der Waals surface area contributed by atoms with Gasteiger partial charge >= 0.3 is 0 Å². The predicted octanol–water partition coefficient (Wildman–Crippen LogP) is 4.59. The first-order valence-corrected chi connectivity index (χ1v) is 12.7. The summed E-state index contributed by atoms with van der Waals surface area (Å²) in [5.74, 6) is 0.914. The number of imide groups is 1. The van der Waals surface area contributed by atoms with Crippen LogP contribution in [0, 0.1) is 6.92 Å². The van der Waals surface area contributed by atoms with Crippen LogP contribution in [0.4, 0.5) is 5.82 Å². The van der Waals surface area contributed by atoms with Gasteiger partial charge in [-0.1, -0.05) is 6.07 Å². The largest absolute Gasteiger partial charge is 0.492 e. The van der Waals surface area contributed by atoms with Crippen LogP contribution in [-0.4, -0.2) is 58.9 Å². The maximum atomic E-state index is 12.2. The number of carbonyl (C=O) groups is 2. The van der Waals surface area contributed by atoms with Gasteiger partial charge in [0.2, 0.25) is 0 Å². The molecule has 0 radical (unpaired) electrons. The first kappa shape index (κ1) is 23.2. The van der Waals surface area contributed by atoms with E-state index in [0.717, 1.165) is 48.4 Å². The van der Waals surface area contributed by atoms with Crippen LogP contribution >= 0.6 is 22.7 Å². The molecule has 10 heteroatoms. The van der Waals surface area contributed by atoms with Gasteiger partial charge in [0.1, 0.15) is 17.2 Å². The Labute approximate surface area is 210 Å². The Bertz CT molecular complexity index is 1410. The average Bonchev–Trinajstić information content (AvgIpc) is 3.56. The number of anilines is 1. The number of thiophene rings is 2. The number of nitrogens with one attached hydrogen (secondary N) is 1. The van der Waals surface area contributed by atoms with Crippen LogP contribution in [0.15, 0.2) is 53.9 Å². The summed E-state index contributed by atoms with van der Waals surface area (Å²) in [6.45, 7) is 3.46. The Morgan fingerprint density at radius 1 is 1.06 bits per heavy atom. The fourth-order valence-corrected chi connectivity index (χ4v) is 5.52. The van der Waals surface area contributed by atoms with Gasteiger partial charge in [0, 0.05) is 23.6 Å². The highest BCUT2D eigenvalue weighted by atomic mass is 32.1. The number of hydrogen-bond donors (Lipinski definition) is 1. The van der Waals surface area contributed by atoms with Crippen LogP contribution in [0.2, 0.25) is 0 Å². The molecule has 0 fully saturated rings. The molecule has 178 valence electrons. The average molecular weight is 506 g/mol. The van der Waals surface area contributed by atoms with E-state index < -0.39 is 11.8 Å². The summed E-state index contributed by atoms with van der Waals surface area (Å²) in [7, 11) is 4.03. The minimum atomic E-state index is -0.433. The van der Waals surface area contributed by atoms with Crippen molar-refractivity contribution in [1.29, 1.82) is 0 Å². The van der Waals surface area contributed by atoms with Crippen LogP contribution in [0.1, 0.15) is 5.56 Å². The number of nitrogens with zero attached hydrogens (tertiary/aromatic N) is 4. The molecule has 4 heterocycles. The number of fused-ring (bicyclic) bond motifs is 1. The zero-order chi connectivity index (χ0) is 24.5. The first-order valence-electron chi connectivity index (χ1n) is 11.0. The van der Waals surface area contributed by atoms with Gasteiger partial charge in [0.25, 0.3) is 11.8 Å². The van der Waals surface area contributed by atoms with Gasteiger partial charge in [-0.15, -0.1) is 22.7 Å². The lowest BCUT2D eigenvalue weighted by Gasteiger charge is -2.17. The third-order valence-corrected chi connectivity index (χ3v) is 7.58. The zero-order valence-electron chi connectivity index (χ0n) is 19.4. The lowest BCUT2D eigenvalue weighted by molar-refractivity contribution is -0.135. The van der Waals surface area contributed by atoms with Crippen LogP contribution in [0.3, 0.4) is 0 Å². The molecule has 1 aliphatic rings. The molecule has 35 heavy (non-hydrogen) atoms. The Hall–Kier alpha value is -3.60. The number of rotatable bonds is 8. The fraction of sp³-hybridized carbons (Fsp3) is 0.200. The maximum absolute atomic E-state index is 12.2. The summed E-state index contributed by atoms with van der Waals surface area (Å²) in [4.78, 5) is 38.7. The number of benzene rings is 1. The summed E-state index contributed by atoms with van der Waals surface area (Å²) in [5.41, 5.74) is 4.94. The topological polar surface area (TPSA) is 87.7 Å². The van der Waals surface area contributed by atoms with Crippen molar-refractivity contribution in [3.63, 3.8) is 0 Å². The van der Waals surface area contributed by atoms with Crippen LogP contribution < -0.4 is 10.2 Å². The third kappa shape index (κ3) is 4.68. The molecule has 5 rings (SSSR count). The Morgan fingerprint density at radius 3 is 2.46 bits per heavy atom. The number of amides is 2. The minimum absolute atomic E-state index is 0.424. The summed E-state index contributed by atoms with van der Waals surface area (Å²) < 4.78 is 5.82. The number of ether oxygens (including phenoxy) is 1. The SMILES string of the molecule is Cc1c(-c2ccc(OCCN(C)C)cc2)sc2nc(-c3cccs3)nc(NN3C(=O)C=CC3=O)c12. The van der Waals surface area contributed by atoms with E-state index in [1.807, 2.05) is 62.8 Å². The van der Waals surface area contributed by atoms with E-state index in [1.165, 1.54) is 23.5 Å². The van der Waals surface area contributed by atoms with Crippen molar-refractivity contribution in [1.82, 2.24) is 19.9 Å². The summed E-state index contributed by atoms with van der Waals surface area (Å²) in [6.07, 6.45) is 2.48. The van der Waals surface area contributed by atoms with Crippen LogP contribution in [-0.2, 0) is 9.59 Å². The second-order valence-electron chi connectivity index (χ2n) is 8.24. The first-order chi connectivity index (χ1) is 16.9. The van der Waals surface area contributed by atoms with Crippen molar-refractivity contribution in [2.24, 2.45) is 0 Å². The molecule has 0 atom stereocenters. The Morgan fingerprint density at radius 2 is 1.80 bits per heavy atom. The van der Waals surface area contributed by atoms with Crippen molar-refractivity contribution in [2.45, 2.75) is 6.92 Å². The van der Waals surface area contributed by atoms with Gasteiger partial charge in [0.15, 0.2) is 11.6 Å². The fourth-order valence-electron chi connectivity index (χ4n) is 3.68. The quantitative estimate of drug-likeness (QED) is 0.351. The Kier molecular flexibility index (Phi) is 6.33. The molecule has 8 nitrogen and oxygen atoms in total. The van der Waals surface area contributed by atoms with E-state index in [9.17, 15) is 9.59 Å². The molecule has 2 amide bonds. The van der Waals surface area contributed by atoms with Gasteiger partial charge in [-0.25, -0.2) is 9.97 Å². The van der Waals surface area contributed by atoms with Crippen molar-refractivity contribution >= 4 is 50.5 Å². The molecule has 0 saturated heterocycles. The monoisotopic (exact) mass is 505 g/mol. The highest BCUT2D eigenvalue weighted by Gasteiger charge is 2.26. The number of likely N-dealkylation sites (N-methyl/N-ethyl adjacent to an activating group) is 1. The number of aryl methyl sites for hydroxylation is 1. The van der Waals surface area contributed by atoms with E-state index in [4.69, 9.17) is 14.7 Å². The highest BCUT2D eigenvalue weighted by Crippen LogP contribution is 2.41. The molecule has 4 aromatic rings. The number of aromatic nitrogens is 2. The van der Waals surface area contributed by atoms with Crippen molar-refractivity contribution in [3.8, 4) is 26.9 Å². The van der Waals surface area contributed by atoms with E-state index in [0.29, 0.717) is 18.2 Å². The van der Waals surface area contributed by atoms with Crippen molar-refractivity contribution in [2.75, 3.05) is 32.7 Å². The third-order valence-electron chi connectivity index (χ3n) is 5.48. The van der Waals surface area contributed by atoms with E-state index >= 15 is 0 Å². The molecule has 1 aliphatic heterocycles. The lowest BCUT2D eigenvalue weighted by atomic mass is 10.1. The van der Waals surface area contributed by atoms with Crippen LogP contribution in [0.5, 0.6) is 5.75 Å². The number of carbonyl (C=O) groups excluding carboxylic acids is 2. The molecule has 0 bridgehead atoms. The van der Waals surface area contributed by atoms with E-state index in [1.54, 1.807) is 11.3 Å². The molecule has 3 aromatic heterocycles. The van der Waals surface area contributed by atoms with Gasteiger partial charge < -0.3 is 9.64 Å². The summed E-state index contributed by atoms with van der Waals surface area (Å²) in [5, 5.41) is 3.71. The van der Waals surface area contributed by atoms with Gasteiger partial charge in [-0.05, 0) is 67.9 Å². The lowest BCUT2D eigenvalue weighted by Crippen LogP contribution is -2.36. The zero-order valence-corrected chi connectivity index (χ0v) is 21.1. The second kappa shape index (κ2) is 9.57. The number of hydrazine groups is 1. The van der Waals surface area contributed by atoms with Gasteiger partial charge in [-0.3, -0.25) is 15.0 Å². The standard InChI is InChI=1S/C25H23N5O3S2/c1-15-21-24(28-30-19(31)10-11-20(30)32)26-23(18-5-4-14-34-18)27-25(21)35-22(15)16-6-8-17(9-7-16)33-13-12-29(2)3/h4-11,14H,12-13H2,1-3H3,(H,26,27,28). The molecule has 0 saturated carbocycles. The predicted molar refractivity (Wildman–Crippen MR) is 140 cm³/mol. The van der Waals surface area contributed by atoms with Crippen molar-refractivity contribution in [3.05, 3.63) is 59.5 Å². The minimum Gasteiger partial charge on any atom is -0.492 e. The molecular weight excluding hydrogens is 482 g/mol. The van der Waals surface area contributed by atoms with Gasteiger partial charge in [0.05, 0.1) is 10.3 Å². The molecule has 0 spiro atoms.